The first-order valence-corrected chi connectivity index (χ1v) is 11.3. The third-order valence-corrected chi connectivity index (χ3v) is 7.22. The highest BCUT2D eigenvalue weighted by atomic mass is 35.5. The van der Waals surface area contributed by atoms with E-state index in [1.54, 1.807) is 6.07 Å². The standard InChI is InChI=1S/C23H23Cl2N3OS/c1-23(2)14-28(13-18(23)15-11-26-27(3)12-15)22(29)21-19(25)5-4-6-20(21)30-17-9-7-16(24)8-10-17/h4-12,18H,13-14H2,1-3H3. The Hall–Kier alpha value is -1.95. The van der Waals surface area contributed by atoms with Gasteiger partial charge in [0.1, 0.15) is 0 Å². The molecule has 156 valence electrons. The summed E-state index contributed by atoms with van der Waals surface area (Å²) in [7, 11) is 1.92. The fraction of sp³-hybridized carbons (Fsp3) is 0.304. The van der Waals surface area contributed by atoms with Crippen LogP contribution in [0.3, 0.4) is 0 Å². The molecule has 2 aromatic carbocycles. The Morgan fingerprint density at radius 3 is 2.57 bits per heavy atom. The Morgan fingerprint density at radius 2 is 1.90 bits per heavy atom. The van der Waals surface area contributed by atoms with Gasteiger partial charge in [0.05, 0.1) is 16.8 Å². The molecule has 1 aliphatic heterocycles. The number of halogens is 2. The highest BCUT2D eigenvalue weighted by Gasteiger charge is 2.43. The Morgan fingerprint density at radius 1 is 1.17 bits per heavy atom. The van der Waals surface area contributed by atoms with E-state index in [-0.39, 0.29) is 17.2 Å². The Labute approximate surface area is 191 Å². The molecule has 0 radical (unpaired) electrons. The Kier molecular flexibility index (Phi) is 5.88. The molecule has 0 saturated carbocycles. The van der Waals surface area contributed by atoms with Gasteiger partial charge in [-0.05, 0) is 47.4 Å². The molecule has 4 rings (SSSR count). The smallest absolute Gasteiger partial charge is 0.256 e. The van der Waals surface area contributed by atoms with E-state index in [9.17, 15) is 4.79 Å². The second-order valence-electron chi connectivity index (χ2n) is 8.34. The van der Waals surface area contributed by atoms with Crippen LogP contribution in [0.4, 0.5) is 0 Å². The molecule has 4 nitrogen and oxygen atoms in total. The molecule has 1 atom stereocenters. The van der Waals surface area contributed by atoms with Crippen molar-refractivity contribution in [3.8, 4) is 0 Å². The van der Waals surface area contributed by atoms with Crippen molar-refractivity contribution in [2.24, 2.45) is 12.5 Å². The van der Waals surface area contributed by atoms with Crippen molar-refractivity contribution in [1.29, 1.82) is 0 Å². The molecule has 2 heterocycles. The van der Waals surface area contributed by atoms with Gasteiger partial charge in [-0.25, -0.2) is 0 Å². The minimum absolute atomic E-state index is 0.0310. The van der Waals surface area contributed by atoms with Crippen molar-refractivity contribution in [2.75, 3.05) is 13.1 Å². The molecule has 1 aromatic heterocycles. The molecule has 0 spiro atoms. The molecule has 1 aliphatic rings. The van der Waals surface area contributed by atoms with Crippen molar-refractivity contribution in [3.05, 3.63) is 76.0 Å². The molecule has 1 saturated heterocycles. The van der Waals surface area contributed by atoms with Crippen LogP contribution < -0.4 is 0 Å². The summed E-state index contributed by atoms with van der Waals surface area (Å²) >= 11 is 14.1. The fourth-order valence-corrected chi connectivity index (χ4v) is 5.46. The van der Waals surface area contributed by atoms with Gasteiger partial charge in [-0.15, -0.1) is 0 Å². The maximum absolute atomic E-state index is 13.6. The summed E-state index contributed by atoms with van der Waals surface area (Å²) in [4.78, 5) is 17.4. The van der Waals surface area contributed by atoms with Crippen LogP contribution >= 0.6 is 35.0 Å². The van der Waals surface area contributed by atoms with E-state index in [4.69, 9.17) is 23.2 Å². The lowest BCUT2D eigenvalue weighted by atomic mass is 9.79. The summed E-state index contributed by atoms with van der Waals surface area (Å²) in [6, 6.07) is 13.2. The third kappa shape index (κ3) is 4.25. The normalized spacial score (nSPS) is 18.0. The zero-order chi connectivity index (χ0) is 21.5. The molecule has 1 fully saturated rings. The Balaban J connectivity index is 1.62. The number of rotatable bonds is 4. The molecular weight excluding hydrogens is 437 g/mol. The van der Waals surface area contributed by atoms with Crippen molar-refractivity contribution in [2.45, 2.75) is 29.6 Å². The van der Waals surface area contributed by atoms with Gasteiger partial charge in [-0.1, -0.05) is 54.9 Å². The van der Waals surface area contributed by atoms with E-state index in [1.807, 2.05) is 65.4 Å². The van der Waals surface area contributed by atoms with E-state index in [0.29, 0.717) is 28.7 Å². The minimum Gasteiger partial charge on any atom is -0.337 e. The molecule has 0 N–H and O–H groups in total. The van der Waals surface area contributed by atoms with Crippen LogP contribution in [0.15, 0.2) is 64.6 Å². The van der Waals surface area contributed by atoms with Crippen LogP contribution in [0.5, 0.6) is 0 Å². The van der Waals surface area contributed by atoms with E-state index in [2.05, 4.69) is 18.9 Å². The second-order valence-corrected chi connectivity index (χ2v) is 10.3. The van der Waals surface area contributed by atoms with E-state index in [0.717, 1.165) is 15.4 Å². The number of carbonyl (C=O) groups excluding carboxylic acids is 1. The summed E-state index contributed by atoms with van der Waals surface area (Å²) < 4.78 is 1.81. The molecule has 1 amide bonds. The number of amides is 1. The number of likely N-dealkylation sites (tertiary alicyclic amines) is 1. The van der Waals surface area contributed by atoms with Crippen molar-refractivity contribution in [1.82, 2.24) is 14.7 Å². The molecule has 0 bridgehead atoms. The van der Waals surface area contributed by atoms with E-state index in [1.165, 1.54) is 11.8 Å². The quantitative estimate of drug-likeness (QED) is 0.469. The second kappa shape index (κ2) is 8.29. The average Bonchev–Trinajstić information content (AvgIpc) is 3.25. The number of aryl methyl sites for hydroxylation is 1. The maximum atomic E-state index is 13.6. The van der Waals surface area contributed by atoms with E-state index >= 15 is 0 Å². The van der Waals surface area contributed by atoms with Gasteiger partial charge in [-0.2, -0.15) is 5.10 Å². The minimum atomic E-state index is -0.0521. The van der Waals surface area contributed by atoms with Crippen LogP contribution in [-0.4, -0.2) is 33.7 Å². The van der Waals surface area contributed by atoms with Crippen LogP contribution in [0.1, 0.15) is 35.7 Å². The predicted octanol–water partition coefficient (Wildman–Crippen LogP) is 6.14. The molecule has 7 heteroatoms. The predicted molar refractivity (Wildman–Crippen MR) is 123 cm³/mol. The number of aromatic nitrogens is 2. The molecule has 3 aromatic rings. The van der Waals surface area contributed by atoms with Crippen LogP contribution in [-0.2, 0) is 7.05 Å². The molecular formula is C23H23Cl2N3OS. The molecule has 1 unspecified atom stereocenters. The zero-order valence-electron chi connectivity index (χ0n) is 17.1. The third-order valence-electron chi connectivity index (χ3n) is 5.59. The Bertz CT molecular complexity index is 1080. The number of hydrogen-bond acceptors (Lipinski definition) is 3. The average molecular weight is 460 g/mol. The number of hydrogen-bond donors (Lipinski definition) is 0. The first kappa shape index (κ1) is 21.3. The van der Waals surface area contributed by atoms with Crippen LogP contribution in [0.25, 0.3) is 0 Å². The van der Waals surface area contributed by atoms with Crippen molar-refractivity contribution in [3.63, 3.8) is 0 Å². The van der Waals surface area contributed by atoms with Gasteiger partial charge < -0.3 is 4.90 Å². The van der Waals surface area contributed by atoms with Gasteiger partial charge in [0.25, 0.3) is 5.91 Å². The number of carbonyl (C=O) groups is 1. The SMILES string of the molecule is Cn1cc(C2CN(C(=O)c3c(Cl)cccc3Sc3ccc(Cl)cc3)CC2(C)C)cn1. The van der Waals surface area contributed by atoms with Gasteiger partial charge in [-0.3, -0.25) is 9.48 Å². The first-order valence-electron chi connectivity index (χ1n) is 9.74. The summed E-state index contributed by atoms with van der Waals surface area (Å²) in [5.74, 6) is 0.196. The number of nitrogens with zero attached hydrogens (tertiary/aromatic N) is 3. The van der Waals surface area contributed by atoms with Crippen molar-refractivity contribution >= 4 is 40.9 Å². The van der Waals surface area contributed by atoms with Gasteiger partial charge >= 0.3 is 0 Å². The lowest BCUT2D eigenvalue weighted by Gasteiger charge is -2.24. The maximum Gasteiger partial charge on any atom is 0.256 e. The lowest BCUT2D eigenvalue weighted by molar-refractivity contribution is 0.0774. The highest BCUT2D eigenvalue weighted by molar-refractivity contribution is 7.99. The summed E-state index contributed by atoms with van der Waals surface area (Å²) in [5.41, 5.74) is 1.66. The summed E-state index contributed by atoms with van der Waals surface area (Å²) in [6.45, 7) is 5.72. The van der Waals surface area contributed by atoms with Crippen LogP contribution in [0.2, 0.25) is 10.0 Å². The largest absolute Gasteiger partial charge is 0.337 e. The first-order chi connectivity index (χ1) is 14.2. The summed E-state index contributed by atoms with van der Waals surface area (Å²) in [6.07, 6.45) is 3.94. The topological polar surface area (TPSA) is 38.1 Å². The summed E-state index contributed by atoms with van der Waals surface area (Å²) in [5, 5.41) is 5.47. The monoisotopic (exact) mass is 459 g/mol. The number of benzene rings is 2. The van der Waals surface area contributed by atoms with Crippen molar-refractivity contribution < 1.29 is 4.79 Å². The van der Waals surface area contributed by atoms with Gasteiger partial charge in [0.2, 0.25) is 0 Å². The zero-order valence-corrected chi connectivity index (χ0v) is 19.4. The van der Waals surface area contributed by atoms with Crippen LogP contribution in [0, 0.1) is 5.41 Å². The highest BCUT2D eigenvalue weighted by Crippen LogP contribution is 2.44. The van der Waals surface area contributed by atoms with E-state index < -0.39 is 0 Å². The van der Waals surface area contributed by atoms with Gasteiger partial charge in [0.15, 0.2) is 0 Å². The van der Waals surface area contributed by atoms with Gasteiger partial charge in [0, 0.05) is 47.1 Å². The molecule has 0 aliphatic carbocycles. The molecule has 30 heavy (non-hydrogen) atoms. The lowest BCUT2D eigenvalue weighted by Crippen LogP contribution is -2.30. The fourth-order valence-electron chi connectivity index (χ4n) is 4.05.